The summed E-state index contributed by atoms with van der Waals surface area (Å²) in [7, 11) is -3.71. The molecule has 0 aliphatic carbocycles. The maximum absolute atomic E-state index is 13.3. The molecule has 0 aliphatic rings. The monoisotopic (exact) mass is 509 g/mol. The largest absolute Gasteiger partial charge is 0.352 e. The molecule has 0 heterocycles. The molecule has 168 valence electrons. The number of nitrogens with zero attached hydrogens (tertiary/aromatic N) is 2. The fraction of sp³-hybridized carbons (Fsp3) is 0.364. The van der Waals surface area contributed by atoms with Gasteiger partial charge in [0.1, 0.15) is 12.6 Å². The van der Waals surface area contributed by atoms with Crippen LogP contribution in [0.4, 0.5) is 5.69 Å². The molecule has 1 N–H and O–H groups in total. The topological polar surface area (TPSA) is 86.8 Å². The number of hydrogen-bond donors (Lipinski definition) is 1. The Morgan fingerprint density at radius 3 is 2.23 bits per heavy atom. The fourth-order valence-electron chi connectivity index (χ4n) is 3.03. The minimum atomic E-state index is -3.71. The summed E-state index contributed by atoms with van der Waals surface area (Å²) in [6.45, 7) is 5.08. The van der Waals surface area contributed by atoms with Crippen molar-refractivity contribution in [3.63, 3.8) is 0 Å². The molecular weight excluding hydrogens is 482 g/mol. The second kappa shape index (κ2) is 10.8. The van der Waals surface area contributed by atoms with E-state index in [1.165, 1.54) is 4.90 Å². The van der Waals surface area contributed by atoms with Gasteiger partial charge in [-0.3, -0.25) is 13.9 Å². The van der Waals surface area contributed by atoms with Crippen LogP contribution in [0, 0.1) is 0 Å². The van der Waals surface area contributed by atoms with Crippen molar-refractivity contribution in [3.8, 4) is 0 Å². The van der Waals surface area contributed by atoms with E-state index in [2.05, 4.69) is 21.2 Å². The number of amides is 2. The molecule has 9 heteroatoms. The number of nitrogens with one attached hydrogen (secondary N) is 1. The SMILES string of the molecule is CC(C)NC(=O)[C@@H](C)N(Cc1cccc(Br)c1)C(=O)CN(c1ccccc1)S(C)(=O)=O. The molecule has 0 aromatic heterocycles. The van der Waals surface area contributed by atoms with Crippen molar-refractivity contribution in [1.82, 2.24) is 10.2 Å². The van der Waals surface area contributed by atoms with Gasteiger partial charge in [0.2, 0.25) is 21.8 Å². The molecule has 0 radical (unpaired) electrons. The van der Waals surface area contributed by atoms with Gasteiger partial charge >= 0.3 is 0 Å². The molecule has 31 heavy (non-hydrogen) atoms. The molecular formula is C22H28BrN3O4S. The third-order valence-electron chi connectivity index (χ3n) is 4.56. The number of para-hydroxylation sites is 1. The van der Waals surface area contributed by atoms with Gasteiger partial charge in [0.15, 0.2) is 0 Å². The van der Waals surface area contributed by atoms with Gasteiger partial charge in [-0.1, -0.05) is 46.3 Å². The van der Waals surface area contributed by atoms with Crippen molar-refractivity contribution in [1.29, 1.82) is 0 Å². The summed E-state index contributed by atoms with van der Waals surface area (Å²) in [4.78, 5) is 27.4. The normalized spacial score (nSPS) is 12.3. The molecule has 7 nitrogen and oxygen atoms in total. The van der Waals surface area contributed by atoms with Crippen molar-refractivity contribution in [3.05, 3.63) is 64.6 Å². The van der Waals surface area contributed by atoms with Crippen LogP contribution in [-0.4, -0.2) is 50.0 Å². The van der Waals surface area contributed by atoms with E-state index in [1.54, 1.807) is 37.3 Å². The minimum Gasteiger partial charge on any atom is -0.352 e. The highest BCUT2D eigenvalue weighted by molar-refractivity contribution is 9.10. The highest BCUT2D eigenvalue weighted by Gasteiger charge is 2.30. The lowest BCUT2D eigenvalue weighted by Gasteiger charge is -2.32. The summed E-state index contributed by atoms with van der Waals surface area (Å²) < 4.78 is 26.7. The van der Waals surface area contributed by atoms with Crippen LogP contribution < -0.4 is 9.62 Å². The molecule has 0 aliphatic heterocycles. The molecule has 0 fully saturated rings. The first kappa shape index (κ1) is 24.9. The van der Waals surface area contributed by atoms with Crippen LogP contribution in [-0.2, 0) is 26.2 Å². The van der Waals surface area contributed by atoms with Gasteiger partial charge in [0.25, 0.3) is 0 Å². The highest BCUT2D eigenvalue weighted by atomic mass is 79.9. The molecule has 0 spiro atoms. The van der Waals surface area contributed by atoms with Gasteiger partial charge in [0.05, 0.1) is 11.9 Å². The molecule has 2 amide bonds. The summed E-state index contributed by atoms with van der Waals surface area (Å²) >= 11 is 3.41. The Balaban J connectivity index is 2.36. The zero-order valence-corrected chi connectivity index (χ0v) is 20.5. The van der Waals surface area contributed by atoms with Crippen LogP contribution >= 0.6 is 15.9 Å². The second-order valence-electron chi connectivity index (χ2n) is 7.60. The van der Waals surface area contributed by atoms with Crippen LogP contribution in [0.15, 0.2) is 59.1 Å². The van der Waals surface area contributed by atoms with E-state index in [1.807, 2.05) is 38.1 Å². The fourth-order valence-corrected chi connectivity index (χ4v) is 4.32. The van der Waals surface area contributed by atoms with E-state index in [0.717, 1.165) is 20.6 Å². The summed E-state index contributed by atoms with van der Waals surface area (Å²) in [6, 6.07) is 15.0. The number of halogens is 1. The Bertz CT molecular complexity index is 1010. The van der Waals surface area contributed by atoms with Gasteiger partial charge in [-0.15, -0.1) is 0 Å². The van der Waals surface area contributed by atoms with Crippen LogP contribution in [0.25, 0.3) is 0 Å². The van der Waals surface area contributed by atoms with Gasteiger partial charge in [-0.05, 0) is 50.6 Å². The lowest BCUT2D eigenvalue weighted by molar-refractivity contribution is -0.139. The molecule has 0 saturated heterocycles. The molecule has 1 atom stereocenters. The second-order valence-corrected chi connectivity index (χ2v) is 10.4. The van der Waals surface area contributed by atoms with Crippen LogP contribution in [0.5, 0.6) is 0 Å². The smallest absolute Gasteiger partial charge is 0.244 e. The molecule has 0 saturated carbocycles. The number of carbonyl (C=O) groups is 2. The first-order valence-electron chi connectivity index (χ1n) is 9.86. The number of carbonyl (C=O) groups excluding carboxylic acids is 2. The first-order chi connectivity index (χ1) is 14.5. The predicted molar refractivity (Wildman–Crippen MR) is 126 cm³/mol. The number of benzene rings is 2. The Hall–Kier alpha value is -2.39. The van der Waals surface area contributed by atoms with E-state index in [4.69, 9.17) is 0 Å². The average molecular weight is 510 g/mol. The Morgan fingerprint density at radius 1 is 1.03 bits per heavy atom. The van der Waals surface area contributed by atoms with E-state index >= 15 is 0 Å². The summed E-state index contributed by atoms with van der Waals surface area (Å²) in [5.74, 6) is -0.773. The van der Waals surface area contributed by atoms with E-state index < -0.39 is 28.5 Å². The number of rotatable bonds is 9. The molecule has 2 rings (SSSR count). The van der Waals surface area contributed by atoms with Crippen LogP contribution in [0.3, 0.4) is 0 Å². The maximum Gasteiger partial charge on any atom is 0.244 e. The molecule has 0 unspecified atom stereocenters. The average Bonchev–Trinajstić information content (AvgIpc) is 2.69. The van der Waals surface area contributed by atoms with Gasteiger partial charge in [-0.2, -0.15) is 0 Å². The summed E-state index contributed by atoms with van der Waals surface area (Å²) in [5.41, 5.74) is 1.21. The third-order valence-corrected chi connectivity index (χ3v) is 6.20. The number of sulfonamides is 1. The van der Waals surface area contributed by atoms with Crippen LogP contribution in [0.1, 0.15) is 26.3 Å². The lowest BCUT2D eigenvalue weighted by atomic mass is 10.1. The Kier molecular flexibility index (Phi) is 8.64. The van der Waals surface area contributed by atoms with Gasteiger partial charge in [0, 0.05) is 17.1 Å². The Morgan fingerprint density at radius 2 is 1.68 bits per heavy atom. The molecule has 2 aromatic carbocycles. The van der Waals surface area contributed by atoms with E-state index in [0.29, 0.717) is 5.69 Å². The van der Waals surface area contributed by atoms with Crippen molar-refractivity contribution >= 4 is 43.5 Å². The number of anilines is 1. The first-order valence-corrected chi connectivity index (χ1v) is 12.5. The Labute approximate surface area is 192 Å². The highest BCUT2D eigenvalue weighted by Crippen LogP contribution is 2.19. The predicted octanol–water partition coefficient (Wildman–Crippen LogP) is 3.16. The van der Waals surface area contributed by atoms with E-state index in [9.17, 15) is 18.0 Å². The minimum absolute atomic E-state index is 0.0883. The summed E-state index contributed by atoms with van der Waals surface area (Å²) in [6.07, 6.45) is 1.06. The quantitative estimate of drug-likeness (QED) is 0.562. The van der Waals surface area contributed by atoms with Crippen LogP contribution in [0.2, 0.25) is 0 Å². The van der Waals surface area contributed by atoms with Gasteiger partial charge in [-0.25, -0.2) is 8.42 Å². The van der Waals surface area contributed by atoms with E-state index in [-0.39, 0.29) is 18.5 Å². The third kappa shape index (κ3) is 7.36. The maximum atomic E-state index is 13.3. The lowest BCUT2D eigenvalue weighted by Crippen LogP contribution is -2.52. The van der Waals surface area contributed by atoms with Crippen molar-refractivity contribution in [2.45, 2.75) is 39.4 Å². The van der Waals surface area contributed by atoms with Crippen molar-refractivity contribution in [2.75, 3.05) is 17.1 Å². The number of hydrogen-bond acceptors (Lipinski definition) is 4. The molecule has 0 bridgehead atoms. The van der Waals surface area contributed by atoms with Crippen molar-refractivity contribution < 1.29 is 18.0 Å². The standard InChI is InChI=1S/C22H28BrN3O4S/c1-16(2)24-22(28)17(3)25(14-18-9-8-10-19(23)13-18)21(27)15-26(31(4,29)30)20-11-6-5-7-12-20/h5-13,16-17H,14-15H2,1-4H3,(H,24,28)/t17-/m1/s1. The van der Waals surface area contributed by atoms with Crippen molar-refractivity contribution in [2.24, 2.45) is 0 Å². The van der Waals surface area contributed by atoms with Gasteiger partial charge < -0.3 is 10.2 Å². The zero-order chi connectivity index (χ0) is 23.2. The zero-order valence-electron chi connectivity index (χ0n) is 18.1. The molecule has 2 aromatic rings. The summed E-state index contributed by atoms with van der Waals surface area (Å²) in [5, 5.41) is 2.82.